The highest BCUT2D eigenvalue weighted by Gasteiger charge is 2.08. The van der Waals surface area contributed by atoms with Gasteiger partial charge in [-0.2, -0.15) is 0 Å². The maximum absolute atomic E-state index is 11.3. The van der Waals surface area contributed by atoms with Crippen LogP contribution in [0.5, 0.6) is 0 Å². The summed E-state index contributed by atoms with van der Waals surface area (Å²) in [5.41, 5.74) is 0. The van der Waals surface area contributed by atoms with E-state index in [-0.39, 0.29) is 12.6 Å². The second-order valence-electron chi connectivity index (χ2n) is 4.62. The average molecular weight is 341 g/mol. The molecule has 128 valence electrons. The fraction of sp³-hybridized carbons (Fsp3) is 0.471. The molecule has 0 aromatic heterocycles. The van der Waals surface area contributed by atoms with Gasteiger partial charge in [0.05, 0.1) is 6.26 Å². The number of hydrogen-bond acceptors (Lipinski definition) is 4. The summed E-state index contributed by atoms with van der Waals surface area (Å²) in [7, 11) is -2.61. The molecule has 0 amide bonds. The van der Waals surface area contributed by atoms with Gasteiger partial charge in [0.25, 0.3) is 0 Å². The Hall–Kier alpha value is -1.55. The van der Waals surface area contributed by atoms with Crippen LogP contribution in [-0.2, 0) is 18.6 Å². The summed E-state index contributed by atoms with van der Waals surface area (Å²) in [5.74, 6) is -0.314. The van der Waals surface area contributed by atoms with Crippen LogP contribution in [0.2, 0.25) is 0 Å². The van der Waals surface area contributed by atoms with Gasteiger partial charge in [0.2, 0.25) is 0 Å². The van der Waals surface area contributed by atoms with Gasteiger partial charge in [-0.1, -0.05) is 36.5 Å². The van der Waals surface area contributed by atoms with Crippen LogP contribution < -0.4 is 0 Å². The summed E-state index contributed by atoms with van der Waals surface area (Å²) in [6.07, 6.45) is 20.1. The van der Waals surface area contributed by atoms with Crippen LogP contribution in [0.15, 0.2) is 48.8 Å². The Bertz CT molecular complexity index is 438. The molecular weight excluding hydrogens is 315 g/mol. The molecule has 1 unspecified atom stereocenters. The lowest BCUT2D eigenvalue weighted by Gasteiger charge is -1.98. The first-order valence-corrected chi connectivity index (χ1v) is 8.84. The van der Waals surface area contributed by atoms with Crippen LogP contribution in [0, 0.1) is 0 Å². The average Bonchev–Trinajstić information content (AvgIpc) is 2.52. The SMILES string of the molecule is C/C=C/C/C=C/C/C=C/CCCCC(=O)O/C=C/CO[P+](=O)O. The summed E-state index contributed by atoms with van der Waals surface area (Å²) in [4.78, 5) is 19.7. The van der Waals surface area contributed by atoms with Gasteiger partial charge >= 0.3 is 14.2 Å². The van der Waals surface area contributed by atoms with Gasteiger partial charge in [-0.15, -0.1) is 9.42 Å². The van der Waals surface area contributed by atoms with Crippen molar-refractivity contribution in [1.82, 2.24) is 0 Å². The van der Waals surface area contributed by atoms with E-state index in [9.17, 15) is 9.36 Å². The number of carbonyl (C=O) groups excluding carboxylic acids is 1. The molecule has 0 aliphatic rings. The molecule has 0 saturated carbocycles. The Labute approximate surface area is 139 Å². The standard InChI is InChI=1S/C17H25O5P/c1-2-3-4-5-6-7-8-9-10-11-12-14-17(18)21-15-13-16-22-23(19)20/h2-3,5-6,8-9,13,15H,4,7,10-12,14,16H2,1H3/p+1/b3-2+,6-5+,9-8+,15-13+. The van der Waals surface area contributed by atoms with Gasteiger partial charge in [0, 0.05) is 11.0 Å². The summed E-state index contributed by atoms with van der Waals surface area (Å²) < 4.78 is 19.4. The van der Waals surface area contributed by atoms with E-state index in [1.54, 1.807) is 0 Å². The van der Waals surface area contributed by atoms with Crippen molar-refractivity contribution in [3.05, 3.63) is 48.8 Å². The van der Waals surface area contributed by atoms with Gasteiger partial charge in [-0.3, -0.25) is 4.79 Å². The smallest absolute Gasteiger partial charge is 0.435 e. The molecule has 0 aromatic carbocycles. The maximum Gasteiger partial charge on any atom is 0.695 e. The number of hydrogen-bond donors (Lipinski definition) is 1. The Morgan fingerprint density at radius 1 is 1.04 bits per heavy atom. The molecule has 5 nitrogen and oxygen atoms in total. The lowest BCUT2D eigenvalue weighted by atomic mass is 10.2. The van der Waals surface area contributed by atoms with E-state index >= 15 is 0 Å². The van der Waals surface area contributed by atoms with E-state index in [2.05, 4.69) is 34.9 Å². The van der Waals surface area contributed by atoms with Crippen LogP contribution in [-0.4, -0.2) is 17.5 Å². The summed E-state index contributed by atoms with van der Waals surface area (Å²) >= 11 is 0. The topological polar surface area (TPSA) is 72.8 Å². The molecule has 0 heterocycles. The number of rotatable bonds is 13. The molecule has 0 aliphatic carbocycles. The largest absolute Gasteiger partial charge is 0.695 e. The first-order valence-electron chi connectivity index (χ1n) is 7.71. The van der Waals surface area contributed by atoms with Crippen LogP contribution in [0.4, 0.5) is 0 Å². The third-order valence-electron chi connectivity index (χ3n) is 2.69. The summed E-state index contributed by atoms with van der Waals surface area (Å²) in [5, 5.41) is 0. The number of esters is 1. The van der Waals surface area contributed by atoms with Crippen molar-refractivity contribution in [1.29, 1.82) is 0 Å². The number of allylic oxidation sites excluding steroid dienone is 6. The quantitative estimate of drug-likeness (QED) is 0.172. The van der Waals surface area contributed by atoms with Gasteiger partial charge < -0.3 is 4.74 Å². The monoisotopic (exact) mass is 341 g/mol. The Balaban J connectivity index is 3.47. The van der Waals surface area contributed by atoms with Crippen LogP contribution >= 0.6 is 8.25 Å². The van der Waals surface area contributed by atoms with Crippen molar-refractivity contribution in [3.63, 3.8) is 0 Å². The molecule has 0 aromatic rings. The fourth-order valence-corrected chi connectivity index (χ4v) is 1.77. The lowest BCUT2D eigenvalue weighted by Crippen LogP contribution is -1.99. The molecule has 0 rings (SSSR count). The first-order chi connectivity index (χ1) is 11.2. The van der Waals surface area contributed by atoms with Gasteiger partial charge in [0.15, 0.2) is 0 Å². The maximum atomic E-state index is 11.3. The van der Waals surface area contributed by atoms with Crippen molar-refractivity contribution < 1.29 is 23.5 Å². The minimum Gasteiger partial charge on any atom is -0.435 e. The van der Waals surface area contributed by atoms with Crippen LogP contribution in [0.1, 0.15) is 45.4 Å². The minimum absolute atomic E-state index is 0.0625. The van der Waals surface area contributed by atoms with E-state index in [0.29, 0.717) is 6.42 Å². The zero-order valence-corrected chi connectivity index (χ0v) is 14.5. The minimum atomic E-state index is -2.61. The zero-order valence-electron chi connectivity index (χ0n) is 13.6. The van der Waals surface area contributed by atoms with Gasteiger partial charge in [-0.05, 0) is 45.1 Å². The zero-order chi connectivity index (χ0) is 17.2. The second kappa shape index (κ2) is 16.8. The van der Waals surface area contributed by atoms with E-state index in [1.165, 1.54) is 12.3 Å². The Morgan fingerprint density at radius 2 is 1.74 bits per heavy atom. The van der Waals surface area contributed by atoms with Crippen LogP contribution in [0.25, 0.3) is 0 Å². The van der Waals surface area contributed by atoms with Crippen molar-refractivity contribution in [2.75, 3.05) is 6.61 Å². The molecule has 0 aliphatic heterocycles. The van der Waals surface area contributed by atoms with E-state index in [0.717, 1.165) is 32.1 Å². The number of ether oxygens (including phenoxy) is 1. The molecule has 0 bridgehead atoms. The van der Waals surface area contributed by atoms with Crippen molar-refractivity contribution in [3.8, 4) is 0 Å². The lowest BCUT2D eigenvalue weighted by molar-refractivity contribution is -0.138. The van der Waals surface area contributed by atoms with E-state index in [1.807, 2.05) is 13.0 Å². The molecule has 1 atom stereocenters. The van der Waals surface area contributed by atoms with E-state index < -0.39 is 8.25 Å². The number of unbranched alkanes of at least 4 members (excludes halogenated alkanes) is 2. The van der Waals surface area contributed by atoms with Crippen molar-refractivity contribution in [2.45, 2.75) is 45.4 Å². The highest BCUT2D eigenvalue weighted by molar-refractivity contribution is 7.32. The Kier molecular flexibility index (Phi) is 15.7. The predicted molar refractivity (Wildman–Crippen MR) is 91.8 cm³/mol. The molecule has 23 heavy (non-hydrogen) atoms. The third kappa shape index (κ3) is 18.4. The first kappa shape index (κ1) is 21.4. The highest BCUT2D eigenvalue weighted by atomic mass is 31.1. The molecule has 0 radical (unpaired) electrons. The van der Waals surface area contributed by atoms with Crippen molar-refractivity contribution in [2.24, 2.45) is 0 Å². The second-order valence-corrected chi connectivity index (χ2v) is 5.36. The molecule has 1 N–H and O–H groups in total. The molecular formula is C17H26O5P+. The summed E-state index contributed by atoms with van der Waals surface area (Å²) in [6.45, 7) is 1.95. The van der Waals surface area contributed by atoms with Gasteiger partial charge in [0.1, 0.15) is 6.61 Å². The summed E-state index contributed by atoms with van der Waals surface area (Å²) in [6, 6.07) is 0. The van der Waals surface area contributed by atoms with Gasteiger partial charge in [-0.25, -0.2) is 0 Å². The normalized spacial score (nSPS) is 12.9. The molecule has 0 fully saturated rings. The Morgan fingerprint density at radius 3 is 2.43 bits per heavy atom. The molecule has 6 heteroatoms. The van der Waals surface area contributed by atoms with Crippen molar-refractivity contribution >= 4 is 14.2 Å². The fourth-order valence-electron chi connectivity index (χ4n) is 1.56. The predicted octanol–water partition coefficient (Wildman–Crippen LogP) is 4.74. The number of carbonyl (C=O) groups is 1. The van der Waals surface area contributed by atoms with E-state index in [4.69, 9.17) is 9.63 Å². The molecule has 0 spiro atoms. The highest BCUT2D eigenvalue weighted by Crippen LogP contribution is 2.13. The third-order valence-corrected chi connectivity index (χ3v) is 3.06. The molecule has 0 saturated heterocycles. The van der Waals surface area contributed by atoms with Crippen LogP contribution in [0.3, 0.4) is 0 Å².